The molecule has 0 radical (unpaired) electrons. The standard InChI is InChI=1S/C17H16N4O3/c1-24-16-8-3-2-5-13(16)10-20-11-15(19-17(20)18)12-6-4-7-14(9-12)21(22)23/h2-9,11H,10H2,1H3,(H2,18,19). The lowest BCUT2D eigenvalue weighted by Crippen LogP contribution is -2.04. The summed E-state index contributed by atoms with van der Waals surface area (Å²) < 4.78 is 7.13. The van der Waals surface area contributed by atoms with Crippen LogP contribution < -0.4 is 10.5 Å². The molecular formula is C17H16N4O3. The lowest BCUT2D eigenvalue weighted by molar-refractivity contribution is -0.384. The number of imidazole rings is 1. The van der Waals surface area contributed by atoms with Gasteiger partial charge in [-0.05, 0) is 6.07 Å². The fourth-order valence-electron chi connectivity index (χ4n) is 2.49. The minimum absolute atomic E-state index is 0.0188. The van der Waals surface area contributed by atoms with E-state index in [1.165, 1.54) is 12.1 Å². The van der Waals surface area contributed by atoms with E-state index in [0.29, 0.717) is 23.8 Å². The Hall–Kier alpha value is -3.35. The summed E-state index contributed by atoms with van der Waals surface area (Å²) in [5, 5.41) is 10.9. The maximum absolute atomic E-state index is 10.9. The molecule has 7 nitrogen and oxygen atoms in total. The highest BCUT2D eigenvalue weighted by atomic mass is 16.6. The van der Waals surface area contributed by atoms with Gasteiger partial charge >= 0.3 is 0 Å². The van der Waals surface area contributed by atoms with Gasteiger partial charge in [-0.15, -0.1) is 0 Å². The van der Waals surface area contributed by atoms with E-state index >= 15 is 0 Å². The van der Waals surface area contributed by atoms with Crippen LogP contribution in [0.25, 0.3) is 11.3 Å². The molecule has 3 rings (SSSR count). The molecular weight excluding hydrogens is 308 g/mol. The van der Waals surface area contributed by atoms with E-state index in [9.17, 15) is 10.1 Å². The zero-order valence-electron chi connectivity index (χ0n) is 13.0. The van der Waals surface area contributed by atoms with E-state index in [1.54, 1.807) is 30.0 Å². The van der Waals surface area contributed by atoms with E-state index in [2.05, 4.69) is 4.98 Å². The van der Waals surface area contributed by atoms with Crippen LogP contribution in [0.1, 0.15) is 5.56 Å². The van der Waals surface area contributed by atoms with Gasteiger partial charge in [-0.2, -0.15) is 0 Å². The maximum atomic E-state index is 10.9. The van der Waals surface area contributed by atoms with E-state index in [4.69, 9.17) is 10.5 Å². The van der Waals surface area contributed by atoms with Crippen molar-refractivity contribution in [2.24, 2.45) is 0 Å². The van der Waals surface area contributed by atoms with Gasteiger partial charge in [0.1, 0.15) is 5.75 Å². The predicted molar refractivity (Wildman–Crippen MR) is 90.8 cm³/mol. The molecule has 0 saturated heterocycles. The number of nitrogens with two attached hydrogens (primary N) is 1. The van der Waals surface area contributed by atoms with Crippen molar-refractivity contribution < 1.29 is 9.66 Å². The van der Waals surface area contributed by atoms with E-state index in [1.807, 2.05) is 24.3 Å². The first-order chi connectivity index (χ1) is 11.6. The molecule has 0 aliphatic heterocycles. The summed E-state index contributed by atoms with van der Waals surface area (Å²) in [6.07, 6.45) is 1.78. The van der Waals surface area contributed by atoms with Crippen molar-refractivity contribution in [1.29, 1.82) is 0 Å². The first kappa shape index (κ1) is 15.5. The van der Waals surface area contributed by atoms with Crippen LogP contribution in [0.3, 0.4) is 0 Å². The Morgan fingerprint density at radius 2 is 2.04 bits per heavy atom. The van der Waals surface area contributed by atoms with Crippen molar-refractivity contribution in [3.05, 3.63) is 70.4 Å². The quantitative estimate of drug-likeness (QED) is 0.574. The van der Waals surface area contributed by atoms with Gasteiger partial charge in [0.05, 0.1) is 24.3 Å². The zero-order valence-corrected chi connectivity index (χ0v) is 13.0. The maximum Gasteiger partial charge on any atom is 0.270 e. The van der Waals surface area contributed by atoms with E-state index in [-0.39, 0.29) is 5.69 Å². The number of benzene rings is 2. The number of methoxy groups -OCH3 is 1. The average molecular weight is 324 g/mol. The second-order valence-corrected chi connectivity index (χ2v) is 5.23. The van der Waals surface area contributed by atoms with Crippen molar-refractivity contribution >= 4 is 11.6 Å². The molecule has 1 heterocycles. The Labute approximate surface area is 138 Å². The van der Waals surface area contributed by atoms with Crippen molar-refractivity contribution in [2.75, 3.05) is 12.8 Å². The Kier molecular flexibility index (Phi) is 4.15. The van der Waals surface area contributed by atoms with Gasteiger partial charge in [-0.25, -0.2) is 4.98 Å². The smallest absolute Gasteiger partial charge is 0.270 e. The summed E-state index contributed by atoms with van der Waals surface area (Å²) in [6.45, 7) is 0.498. The normalized spacial score (nSPS) is 10.5. The summed E-state index contributed by atoms with van der Waals surface area (Å²) in [7, 11) is 1.62. The number of rotatable bonds is 5. The molecule has 0 aliphatic carbocycles. The molecule has 1 aromatic heterocycles. The number of aromatic nitrogens is 2. The number of ether oxygens (including phenoxy) is 1. The highest BCUT2D eigenvalue weighted by molar-refractivity contribution is 5.63. The second-order valence-electron chi connectivity index (χ2n) is 5.23. The third-order valence-corrected chi connectivity index (χ3v) is 3.69. The second kappa shape index (κ2) is 6.41. The number of nitrogen functional groups attached to an aromatic ring is 1. The van der Waals surface area contributed by atoms with Gasteiger partial charge in [-0.3, -0.25) is 10.1 Å². The van der Waals surface area contributed by atoms with Crippen LogP contribution in [-0.4, -0.2) is 21.6 Å². The highest BCUT2D eigenvalue weighted by Gasteiger charge is 2.12. The van der Waals surface area contributed by atoms with Crippen molar-refractivity contribution in [2.45, 2.75) is 6.54 Å². The molecule has 0 fully saturated rings. The number of hydrogen-bond donors (Lipinski definition) is 1. The Morgan fingerprint density at radius 1 is 1.25 bits per heavy atom. The van der Waals surface area contributed by atoms with Crippen LogP contribution in [0.2, 0.25) is 0 Å². The molecule has 24 heavy (non-hydrogen) atoms. The number of nitro benzene ring substituents is 1. The number of hydrogen-bond acceptors (Lipinski definition) is 5. The summed E-state index contributed by atoms with van der Waals surface area (Å²) in [5.74, 6) is 1.10. The molecule has 7 heteroatoms. The highest BCUT2D eigenvalue weighted by Crippen LogP contribution is 2.26. The molecule has 0 atom stereocenters. The number of non-ortho nitro benzene ring substituents is 1. The fourth-order valence-corrected chi connectivity index (χ4v) is 2.49. The molecule has 0 unspecified atom stereocenters. The summed E-state index contributed by atoms with van der Waals surface area (Å²) in [6, 6.07) is 14.0. The SMILES string of the molecule is COc1ccccc1Cn1cc(-c2cccc([N+](=O)[O-])c2)nc1N. The van der Waals surface area contributed by atoms with Crippen LogP contribution in [-0.2, 0) is 6.54 Å². The average Bonchev–Trinajstić information content (AvgIpc) is 2.96. The van der Waals surface area contributed by atoms with Crippen LogP contribution in [0.5, 0.6) is 5.75 Å². The van der Waals surface area contributed by atoms with Gasteiger partial charge in [0.2, 0.25) is 5.95 Å². The minimum Gasteiger partial charge on any atom is -0.496 e. The van der Waals surface area contributed by atoms with Crippen LogP contribution >= 0.6 is 0 Å². The van der Waals surface area contributed by atoms with Crippen LogP contribution in [0.15, 0.2) is 54.7 Å². The first-order valence-corrected chi connectivity index (χ1v) is 7.28. The molecule has 2 N–H and O–H groups in total. The number of anilines is 1. The largest absolute Gasteiger partial charge is 0.496 e. The molecule has 0 saturated carbocycles. The molecule has 122 valence electrons. The zero-order chi connectivity index (χ0) is 17.1. The van der Waals surface area contributed by atoms with Crippen molar-refractivity contribution in [1.82, 2.24) is 9.55 Å². The van der Waals surface area contributed by atoms with E-state index < -0.39 is 4.92 Å². The van der Waals surface area contributed by atoms with Gasteiger partial charge in [0, 0.05) is 29.5 Å². The number of nitro groups is 1. The lowest BCUT2D eigenvalue weighted by Gasteiger charge is -2.09. The molecule has 0 amide bonds. The van der Waals surface area contributed by atoms with Gasteiger partial charge in [0.15, 0.2) is 0 Å². The number of para-hydroxylation sites is 1. The molecule has 2 aromatic carbocycles. The topological polar surface area (TPSA) is 96.2 Å². The van der Waals surface area contributed by atoms with Crippen LogP contribution in [0, 0.1) is 10.1 Å². The molecule has 0 bridgehead atoms. The van der Waals surface area contributed by atoms with Crippen molar-refractivity contribution in [3.63, 3.8) is 0 Å². The summed E-state index contributed by atoms with van der Waals surface area (Å²) >= 11 is 0. The number of nitrogens with zero attached hydrogens (tertiary/aromatic N) is 3. The van der Waals surface area contributed by atoms with Gasteiger partial charge in [0.25, 0.3) is 5.69 Å². The third-order valence-electron chi connectivity index (χ3n) is 3.69. The summed E-state index contributed by atoms with van der Waals surface area (Å²) in [4.78, 5) is 14.8. The van der Waals surface area contributed by atoms with Crippen molar-refractivity contribution in [3.8, 4) is 17.0 Å². The first-order valence-electron chi connectivity index (χ1n) is 7.28. The Bertz CT molecular complexity index is 889. The molecule has 0 spiro atoms. The third kappa shape index (κ3) is 3.05. The summed E-state index contributed by atoms with van der Waals surface area (Å²) in [5.41, 5.74) is 8.22. The lowest BCUT2D eigenvalue weighted by atomic mass is 10.1. The van der Waals surface area contributed by atoms with Crippen LogP contribution in [0.4, 0.5) is 11.6 Å². The fraction of sp³-hybridized carbons (Fsp3) is 0.118. The molecule has 0 aliphatic rings. The molecule has 3 aromatic rings. The Morgan fingerprint density at radius 3 is 2.79 bits per heavy atom. The predicted octanol–water partition coefficient (Wildman–Crippen LogP) is 3.10. The monoisotopic (exact) mass is 324 g/mol. The van der Waals surface area contributed by atoms with E-state index in [0.717, 1.165) is 11.3 Å². The van der Waals surface area contributed by atoms with Gasteiger partial charge < -0.3 is 15.0 Å². The van der Waals surface area contributed by atoms with Gasteiger partial charge in [-0.1, -0.05) is 30.3 Å². The Balaban J connectivity index is 1.93. The minimum atomic E-state index is -0.432.